The lowest BCUT2D eigenvalue weighted by atomic mass is 9.90. The van der Waals surface area contributed by atoms with Crippen molar-refractivity contribution in [3.05, 3.63) is 98.5 Å². The minimum Gasteiger partial charge on any atom is -0.378 e. The van der Waals surface area contributed by atoms with Gasteiger partial charge in [0.05, 0.1) is 28.8 Å². The number of carbonyl (C=O) groups is 1. The first kappa shape index (κ1) is 26.4. The largest absolute Gasteiger partial charge is 0.416 e. The number of halogens is 3. The number of amides is 1. The fourth-order valence-electron chi connectivity index (χ4n) is 5.81. The summed E-state index contributed by atoms with van der Waals surface area (Å²) in [7, 11) is 0. The summed E-state index contributed by atoms with van der Waals surface area (Å²) in [5.41, 5.74) is 2.52. The van der Waals surface area contributed by atoms with Crippen molar-refractivity contribution in [2.45, 2.75) is 69.2 Å². The maximum Gasteiger partial charge on any atom is 0.416 e. The number of hydrogen-bond acceptors (Lipinski definition) is 5. The van der Waals surface area contributed by atoms with Crippen LogP contribution in [0.3, 0.4) is 0 Å². The van der Waals surface area contributed by atoms with E-state index in [1.807, 2.05) is 12.4 Å². The molecule has 40 heavy (non-hydrogen) atoms. The molecule has 7 nitrogen and oxygen atoms in total. The van der Waals surface area contributed by atoms with Gasteiger partial charge in [0.25, 0.3) is 11.5 Å². The van der Waals surface area contributed by atoms with E-state index in [1.165, 1.54) is 23.0 Å². The third-order valence-corrected chi connectivity index (χ3v) is 8.30. The zero-order chi connectivity index (χ0) is 28.1. The number of H-pyrrole nitrogens is 1. The highest BCUT2D eigenvalue weighted by Gasteiger charge is 2.49. The van der Waals surface area contributed by atoms with Crippen LogP contribution in [0.15, 0.2) is 53.6 Å². The lowest BCUT2D eigenvalue weighted by Gasteiger charge is -2.30. The van der Waals surface area contributed by atoms with Gasteiger partial charge in [0.1, 0.15) is 5.82 Å². The molecular formula is C30H29F3N4O3. The molecule has 1 fully saturated rings. The topological polar surface area (TPSA) is 99.2 Å². The fourth-order valence-corrected chi connectivity index (χ4v) is 5.81. The average molecular weight is 551 g/mol. The number of fused-ring (bicyclic) bond motifs is 1. The van der Waals surface area contributed by atoms with Gasteiger partial charge in [-0.05, 0) is 79.0 Å². The van der Waals surface area contributed by atoms with Gasteiger partial charge in [0.15, 0.2) is 6.10 Å². The van der Waals surface area contributed by atoms with Crippen LogP contribution in [0.5, 0.6) is 0 Å². The van der Waals surface area contributed by atoms with E-state index >= 15 is 0 Å². The molecule has 2 N–H and O–H groups in total. The van der Waals surface area contributed by atoms with Gasteiger partial charge in [0.2, 0.25) is 0 Å². The van der Waals surface area contributed by atoms with Crippen molar-refractivity contribution >= 4 is 11.5 Å². The summed E-state index contributed by atoms with van der Waals surface area (Å²) in [6, 6.07) is 6.24. The Morgan fingerprint density at radius 3 is 2.67 bits per heavy atom. The summed E-state index contributed by atoms with van der Waals surface area (Å²) in [5, 5.41) is 10.6. The van der Waals surface area contributed by atoms with Gasteiger partial charge in [0, 0.05) is 25.4 Å². The summed E-state index contributed by atoms with van der Waals surface area (Å²) < 4.78 is 39.3. The van der Waals surface area contributed by atoms with Crippen LogP contribution in [-0.2, 0) is 29.4 Å². The molecule has 1 atom stereocenters. The Bertz CT molecular complexity index is 1560. The molecule has 3 aromatic rings. The van der Waals surface area contributed by atoms with Crippen LogP contribution in [0.1, 0.15) is 84.0 Å². The molecule has 0 bridgehead atoms. The molecule has 3 aliphatic rings. The predicted octanol–water partition coefficient (Wildman–Crippen LogP) is 4.84. The molecule has 2 aliphatic carbocycles. The van der Waals surface area contributed by atoms with Crippen LogP contribution in [0.2, 0.25) is 0 Å². The molecule has 0 radical (unpaired) electrons. The number of benzene rings is 1. The number of hydrogen-bond donors (Lipinski definition) is 2. The van der Waals surface area contributed by atoms with E-state index in [1.54, 1.807) is 0 Å². The number of pyridine rings is 1. The number of rotatable bonds is 5. The van der Waals surface area contributed by atoms with Crippen LogP contribution in [0.25, 0.3) is 5.57 Å². The van der Waals surface area contributed by atoms with Crippen molar-refractivity contribution < 1.29 is 23.1 Å². The fraction of sp³-hybridized carbons (Fsp3) is 0.400. The van der Waals surface area contributed by atoms with Gasteiger partial charge in [-0.15, -0.1) is 0 Å². The number of allylic oxidation sites excluding steroid dienone is 2. The molecule has 1 aromatic carbocycles. The Kier molecular flexibility index (Phi) is 6.60. The quantitative estimate of drug-likeness (QED) is 0.474. The lowest BCUT2D eigenvalue weighted by Crippen LogP contribution is -2.42. The first-order chi connectivity index (χ1) is 19.2. The maximum absolute atomic E-state index is 13.2. The molecule has 1 unspecified atom stereocenters. The average Bonchev–Trinajstić information content (AvgIpc) is 3.79. The number of aliphatic hydroxyl groups excluding tert-OH is 1. The summed E-state index contributed by atoms with van der Waals surface area (Å²) in [6.45, 7) is 0.112. The first-order valence-electron chi connectivity index (χ1n) is 13.6. The molecule has 1 aliphatic heterocycles. The number of alkyl halides is 3. The van der Waals surface area contributed by atoms with E-state index < -0.39 is 29.2 Å². The van der Waals surface area contributed by atoms with Crippen molar-refractivity contribution in [3.8, 4) is 0 Å². The van der Waals surface area contributed by atoms with Gasteiger partial charge < -0.3 is 15.0 Å². The third-order valence-electron chi connectivity index (χ3n) is 8.30. The molecule has 10 heteroatoms. The SMILES string of the molecule is O=C(C(O)c1cccc(C(F)(F)F)c1)N1CCc2nc(C3(c4cncc(C5=CCCCC5)c4)CC3)[nH]c(=O)c2C1. The van der Waals surface area contributed by atoms with E-state index in [-0.39, 0.29) is 24.2 Å². The second-order valence-corrected chi connectivity index (χ2v) is 10.9. The minimum absolute atomic E-state index is 0.0784. The Hall–Kier alpha value is -3.79. The van der Waals surface area contributed by atoms with Crippen LogP contribution in [0.4, 0.5) is 13.2 Å². The van der Waals surface area contributed by atoms with Crippen LogP contribution < -0.4 is 5.56 Å². The van der Waals surface area contributed by atoms with Crippen molar-refractivity contribution in [2.75, 3.05) is 6.54 Å². The summed E-state index contributed by atoms with van der Waals surface area (Å²) in [5.74, 6) is -0.163. The lowest BCUT2D eigenvalue weighted by molar-refractivity contribution is -0.142. The molecule has 0 saturated heterocycles. The van der Waals surface area contributed by atoms with E-state index in [2.05, 4.69) is 22.1 Å². The van der Waals surface area contributed by atoms with Gasteiger partial charge in [-0.3, -0.25) is 14.6 Å². The van der Waals surface area contributed by atoms with Crippen molar-refractivity contribution in [2.24, 2.45) is 0 Å². The number of carbonyl (C=O) groups excluding carboxylic acids is 1. The Morgan fingerprint density at radius 2 is 1.95 bits per heavy atom. The highest BCUT2D eigenvalue weighted by atomic mass is 19.4. The van der Waals surface area contributed by atoms with Gasteiger partial charge in [-0.2, -0.15) is 13.2 Å². The summed E-state index contributed by atoms with van der Waals surface area (Å²) in [4.78, 5) is 39.8. The second kappa shape index (κ2) is 9.99. The van der Waals surface area contributed by atoms with E-state index in [9.17, 15) is 27.9 Å². The molecule has 2 aromatic heterocycles. The zero-order valence-electron chi connectivity index (χ0n) is 21.8. The highest BCUT2D eigenvalue weighted by molar-refractivity contribution is 5.82. The van der Waals surface area contributed by atoms with Crippen molar-refractivity contribution in [3.63, 3.8) is 0 Å². The van der Waals surface area contributed by atoms with Crippen LogP contribution >= 0.6 is 0 Å². The number of aromatic nitrogens is 3. The van der Waals surface area contributed by atoms with E-state index in [4.69, 9.17) is 4.98 Å². The Balaban J connectivity index is 1.23. The highest BCUT2D eigenvalue weighted by Crippen LogP contribution is 2.52. The van der Waals surface area contributed by atoms with Gasteiger partial charge >= 0.3 is 6.18 Å². The first-order valence-corrected chi connectivity index (χ1v) is 13.6. The number of aromatic amines is 1. The summed E-state index contributed by atoms with van der Waals surface area (Å²) >= 11 is 0. The number of nitrogens with one attached hydrogen (secondary N) is 1. The number of nitrogens with zero attached hydrogens (tertiary/aromatic N) is 3. The molecule has 3 heterocycles. The van der Waals surface area contributed by atoms with Gasteiger partial charge in [-0.25, -0.2) is 4.98 Å². The molecule has 1 amide bonds. The third kappa shape index (κ3) is 4.85. The van der Waals surface area contributed by atoms with Crippen LogP contribution in [-0.4, -0.2) is 37.4 Å². The van der Waals surface area contributed by atoms with Crippen LogP contribution in [0, 0.1) is 0 Å². The Labute approximate surface area is 228 Å². The zero-order valence-corrected chi connectivity index (χ0v) is 21.8. The standard InChI is InChI=1S/C30H29F3N4O3/c31-30(32,33)21-8-4-7-19(13-21)25(38)27(40)37-12-9-24-23(17-37)26(39)36-28(35-24)29(10-11-29)22-14-20(15-34-16-22)18-5-2-1-3-6-18/h4-5,7-8,13-16,25,38H,1-3,6,9-12,17H2,(H,35,36,39). The molecular weight excluding hydrogens is 521 g/mol. The van der Waals surface area contributed by atoms with E-state index in [0.717, 1.165) is 61.4 Å². The van der Waals surface area contributed by atoms with Crippen molar-refractivity contribution in [1.29, 1.82) is 0 Å². The molecule has 208 valence electrons. The Morgan fingerprint density at radius 1 is 1.12 bits per heavy atom. The number of aliphatic hydroxyl groups is 1. The van der Waals surface area contributed by atoms with Crippen molar-refractivity contribution in [1.82, 2.24) is 19.9 Å². The smallest absolute Gasteiger partial charge is 0.378 e. The predicted molar refractivity (Wildman–Crippen MR) is 141 cm³/mol. The molecule has 0 spiro atoms. The molecule has 6 rings (SSSR count). The van der Waals surface area contributed by atoms with E-state index in [0.29, 0.717) is 23.5 Å². The normalized spacial score (nSPS) is 19.0. The minimum atomic E-state index is -4.59. The van der Waals surface area contributed by atoms with Gasteiger partial charge in [-0.1, -0.05) is 18.2 Å². The maximum atomic E-state index is 13.2. The monoisotopic (exact) mass is 550 g/mol. The molecule has 1 saturated carbocycles. The summed E-state index contributed by atoms with van der Waals surface area (Å²) in [6.07, 6.45) is 6.09. The second-order valence-electron chi connectivity index (χ2n) is 10.9.